The molecule has 0 spiro atoms. The molecule has 2 atom stereocenters. The summed E-state index contributed by atoms with van der Waals surface area (Å²) in [5.41, 5.74) is 0.786. The third-order valence-corrected chi connectivity index (χ3v) is 4.97. The first-order chi connectivity index (χ1) is 12.1. The molecule has 1 saturated heterocycles. The van der Waals surface area contributed by atoms with Crippen LogP contribution in [0.5, 0.6) is 5.75 Å². The molecular formula is C20H30N2O3. The van der Waals surface area contributed by atoms with Crippen LogP contribution < -0.4 is 15.0 Å². The van der Waals surface area contributed by atoms with Crippen molar-refractivity contribution in [2.24, 2.45) is 11.8 Å². The van der Waals surface area contributed by atoms with E-state index in [1.165, 1.54) is 12.8 Å². The summed E-state index contributed by atoms with van der Waals surface area (Å²) in [6.07, 6.45) is 4.86. The number of nitrogens with zero attached hydrogens (tertiary/aromatic N) is 1. The normalized spacial score (nSPS) is 18.3. The Morgan fingerprint density at radius 1 is 1.40 bits per heavy atom. The molecule has 1 heterocycles. The lowest BCUT2D eigenvalue weighted by Gasteiger charge is -2.19. The van der Waals surface area contributed by atoms with E-state index in [0.717, 1.165) is 18.5 Å². The van der Waals surface area contributed by atoms with Gasteiger partial charge in [-0.25, -0.2) is 0 Å². The Bertz CT molecular complexity index is 588. The van der Waals surface area contributed by atoms with E-state index in [2.05, 4.69) is 19.2 Å². The molecule has 1 aromatic rings. The lowest BCUT2D eigenvalue weighted by atomic mass is 9.99. The number of carbonyl (C=O) groups excluding carboxylic acids is 2. The maximum atomic E-state index is 12.5. The average molecular weight is 346 g/mol. The number of rotatable bonds is 9. The second-order valence-electron chi connectivity index (χ2n) is 6.77. The number of ether oxygens (including phenoxy) is 1. The van der Waals surface area contributed by atoms with Gasteiger partial charge < -0.3 is 15.0 Å². The summed E-state index contributed by atoms with van der Waals surface area (Å²) < 4.78 is 5.22. The lowest BCUT2D eigenvalue weighted by molar-refractivity contribution is -0.126. The van der Waals surface area contributed by atoms with Gasteiger partial charge in [-0.3, -0.25) is 9.59 Å². The maximum absolute atomic E-state index is 12.5. The first-order valence-corrected chi connectivity index (χ1v) is 9.31. The molecule has 0 radical (unpaired) electrons. The van der Waals surface area contributed by atoms with Crippen LogP contribution in [0.4, 0.5) is 5.69 Å². The third kappa shape index (κ3) is 5.21. The number of hydrogen-bond donors (Lipinski definition) is 1. The second kappa shape index (κ2) is 9.44. The van der Waals surface area contributed by atoms with Gasteiger partial charge in [-0.05, 0) is 24.5 Å². The van der Waals surface area contributed by atoms with Crippen molar-refractivity contribution in [3.8, 4) is 5.75 Å². The highest BCUT2D eigenvalue weighted by Crippen LogP contribution is 2.28. The molecule has 0 unspecified atom stereocenters. The van der Waals surface area contributed by atoms with Gasteiger partial charge in [-0.15, -0.1) is 0 Å². The SMILES string of the molecule is CCCC[C@@H](CC)CNC(=O)[C@@H]1CC(=O)N(c2cccc(OC)c2)C1. The number of unbranched alkanes of at least 4 members (excludes halogenated alkanes) is 1. The summed E-state index contributed by atoms with van der Waals surface area (Å²) in [5.74, 6) is 0.943. The highest BCUT2D eigenvalue weighted by atomic mass is 16.5. The van der Waals surface area contributed by atoms with Crippen molar-refractivity contribution < 1.29 is 14.3 Å². The molecule has 5 nitrogen and oxygen atoms in total. The van der Waals surface area contributed by atoms with E-state index >= 15 is 0 Å². The zero-order valence-electron chi connectivity index (χ0n) is 15.6. The van der Waals surface area contributed by atoms with E-state index in [0.29, 0.717) is 24.8 Å². The van der Waals surface area contributed by atoms with Gasteiger partial charge in [0.15, 0.2) is 0 Å². The van der Waals surface area contributed by atoms with Crippen LogP contribution in [-0.2, 0) is 9.59 Å². The molecule has 1 fully saturated rings. The molecular weight excluding hydrogens is 316 g/mol. The van der Waals surface area contributed by atoms with Crippen molar-refractivity contribution in [2.45, 2.75) is 46.0 Å². The van der Waals surface area contributed by atoms with Crippen molar-refractivity contribution in [3.05, 3.63) is 24.3 Å². The fraction of sp³-hybridized carbons (Fsp3) is 0.600. The average Bonchev–Trinajstić information content (AvgIpc) is 3.03. The molecule has 0 aromatic heterocycles. The number of nitrogens with one attached hydrogen (secondary N) is 1. The lowest BCUT2D eigenvalue weighted by Crippen LogP contribution is -2.35. The zero-order chi connectivity index (χ0) is 18.2. The van der Waals surface area contributed by atoms with Gasteiger partial charge in [0.2, 0.25) is 11.8 Å². The summed E-state index contributed by atoms with van der Waals surface area (Å²) in [4.78, 5) is 26.5. The highest BCUT2D eigenvalue weighted by molar-refractivity contribution is 6.00. The quantitative estimate of drug-likeness (QED) is 0.746. The molecule has 1 aliphatic heterocycles. The third-order valence-electron chi connectivity index (χ3n) is 4.97. The van der Waals surface area contributed by atoms with Crippen molar-refractivity contribution in [3.63, 3.8) is 0 Å². The molecule has 25 heavy (non-hydrogen) atoms. The van der Waals surface area contributed by atoms with Crippen LogP contribution in [0.25, 0.3) is 0 Å². The second-order valence-corrected chi connectivity index (χ2v) is 6.77. The predicted octanol–water partition coefficient (Wildman–Crippen LogP) is 3.38. The minimum absolute atomic E-state index is 0.00584. The van der Waals surface area contributed by atoms with Crippen LogP contribution in [0.15, 0.2) is 24.3 Å². The number of methoxy groups -OCH3 is 1. The maximum Gasteiger partial charge on any atom is 0.227 e. The van der Waals surface area contributed by atoms with Crippen molar-refractivity contribution in [1.82, 2.24) is 5.32 Å². The van der Waals surface area contributed by atoms with E-state index in [-0.39, 0.29) is 24.2 Å². The molecule has 2 rings (SSSR count). The molecule has 0 bridgehead atoms. The molecule has 1 aliphatic rings. The van der Waals surface area contributed by atoms with Gasteiger partial charge in [-0.1, -0.05) is 39.2 Å². The number of benzene rings is 1. The summed E-state index contributed by atoms with van der Waals surface area (Å²) in [6, 6.07) is 7.40. The largest absolute Gasteiger partial charge is 0.497 e. The number of amides is 2. The van der Waals surface area contributed by atoms with E-state index in [1.807, 2.05) is 24.3 Å². The number of hydrogen-bond acceptors (Lipinski definition) is 3. The van der Waals surface area contributed by atoms with E-state index in [1.54, 1.807) is 12.0 Å². The standard InChI is InChI=1S/C20H30N2O3/c1-4-6-8-15(5-2)13-21-20(24)16-11-19(23)22(14-16)17-9-7-10-18(12-17)25-3/h7,9-10,12,15-16H,4-6,8,11,13-14H2,1-3H3,(H,21,24)/t15-,16-/m1/s1. The van der Waals surface area contributed by atoms with Crippen LogP contribution in [0.3, 0.4) is 0 Å². The Hall–Kier alpha value is -2.04. The van der Waals surface area contributed by atoms with Crippen LogP contribution in [-0.4, -0.2) is 32.0 Å². The minimum Gasteiger partial charge on any atom is -0.497 e. The van der Waals surface area contributed by atoms with E-state index in [4.69, 9.17) is 4.74 Å². The fourth-order valence-electron chi connectivity index (χ4n) is 3.24. The Balaban J connectivity index is 1.91. The molecule has 0 aliphatic carbocycles. The predicted molar refractivity (Wildman–Crippen MR) is 99.8 cm³/mol. The Kier molecular flexibility index (Phi) is 7.29. The van der Waals surface area contributed by atoms with Gasteiger partial charge in [0.1, 0.15) is 5.75 Å². The molecule has 0 saturated carbocycles. The monoisotopic (exact) mass is 346 g/mol. The van der Waals surface area contributed by atoms with Crippen LogP contribution in [0, 0.1) is 11.8 Å². The summed E-state index contributed by atoms with van der Waals surface area (Å²) in [6.45, 7) is 5.49. The van der Waals surface area contributed by atoms with E-state index < -0.39 is 0 Å². The summed E-state index contributed by atoms with van der Waals surface area (Å²) in [7, 11) is 1.60. The zero-order valence-corrected chi connectivity index (χ0v) is 15.6. The molecule has 138 valence electrons. The Morgan fingerprint density at radius 3 is 2.88 bits per heavy atom. The van der Waals surface area contributed by atoms with Crippen LogP contribution >= 0.6 is 0 Å². The first-order valence-electron chi connectivity index (χ1n) is 9.31. The van der Waals surface area contributed by atoms with Gasteiger partial charge in [0.05, 0.1) is 13.0 Å². The molecule has 2 amide bonds. The van der Waals surface area contributed by atoms with Gasteiger partial charge in [0.25, 0.3) is 0 Å². The Labute approximate surface area is 150 Å². The smallest absolute Gasteiger partial charge is 0.227 e. The Morgan fingerprint density at radius 2 is 2.20 bits per heavy atom. The summed E-state index contributed by atoms with van der Waals surface area (Å²) >= 11 is 0. The fourth-order valence-corrected chi connectivity index (χ4v) is 3.24. The highest BCUT2D eigenvalue weighted by Gasteiger charge is 2.35. The molecule has 1 N–H and O–H groups in total. The molecule has 1 aromatic carbocycles. The minimum atomic E-state index is -0.276. The van der Waals surface area contributed by atoms with Gasteiger partial charge in [0, 0.05) is 31.3 Å². The number of anilines is 1. The number of carbonyl (C=O) groups is 2. The van der Waals surface area contributed by atoms with Crippen molar-refractivity contribution in [2.75, 3.05) is 25.1 Å². The molecule has 5 heteroatoms. The topological polar surface area (TPSA) is 58.6 Å². The first kappa shape index (κ1) is 19.3. The van der Waals surface area contributed by atoms with Crippen LogP contribution in [0.1, 0.15) is 46.0 Å². The van der Waals surface area contributed by atoms with Gasteiger partial charge in [-0.2, -0.15) is 0 Å². The van der Waals surface area contributed by atoms with Gasteiger partial charge >= 0.3 is 0 Å². The van der Waals surface area contributed by atoms with E-state index in [9.17, 15) is 9.59 Å². The van der Waals surface area contributed by atoms with Crippen LogP contribution in [0.2, 0.25) is 0 Å². The van der Waals surface area contributed by atoms with Crippen molar-refractivity contribution in [1.29, 1.82) is 0 Å². The summed E-state index contributed by atoms with van der Waals surface area (Å²) in [5, 5.41) is 3.06. The van der Waals surface area contributed by atoms with Crippen molar-refractivity contribution >= 4 is 17.5 Å².